The molecule has 86 valence electrons. The van der Waals surface area contributed by atoms with Gasteiger partial charge in [0, 0.05) is 0 Å². The van der Waals surface area contributed by atoms with E-state index < -0.39 is 17.3 Å². The third-order valence-corrected chi connectivity index (χ3v) is 4.64. The lowest BCUT2D eigenvalue weighted by Crippen LogP contribution is -2.53. The molecule has 3 saturated carbocycles. The van der Waals surface area contributed by atoms with Crippen LogP contribution in [-0.4, -0.2) is 22.9 Å². The highest BCUT2D eigenvalue weighted by atomic mass is 16.4. The molecule has 4 fully saturated rings. The maximum Gasteiger partial charge on any atom is 0.310 e. The molecule has 1 saturated heterocycles. The molecule has 1 heterocycles. The molecule has 2 N–H and O–H groups in total. The number of carbonyl (C=O) groups excluding carboxylic acids is 2. The minimum absolute atomic E-state index is 0.206. The number of fused-ring (bicyclic) bond motifs is 2. The average Bonchev–Trinajstić information content (AvgIpc) is 2.58. The van der Waals surface area contributed by atoms with Crippen LogP contribution < -0.4 is 5.32 Å². The van der Waals surface area contributed by atoms with Crippen LogP contribution >= 0.6 is 0 Å². The standard InChI is InChI=1S/C11H13NO4/c13-8-6-5-1-3-11(4-2-5,10(15)16)7(6)9(14)12-8/h5-7H,1-4H2,(H,15,16)(H,12,13,14). The van der Waals surface area contributed by atoms with Crippen LogP contribution in [0.5, 0.6) is 0 Å². The number of aliphatic carboxylic acids is 1. The second-order valence-electron chi connectivity index (χ2n) is 5.16. The minimum Gasteiger partial charge on any atom is -0.481 e. The first-order valence-electron chi connectivity index (χ1n) is 5.64. The van der Waals surface area contributed by atoms with Crippen molar-refractivity contribution >= 4 is 17.8 Å². The second kappa shape index (κ2) is 2.84. The van der Waals surface area contributed by atoms with Crippen molar-refractivity contribution in [2.75, 3.05) is 0 Å². The first kappa shape index (κ1) is 9.81. The summed E-state index contributed by atoms with van der Waals surface area (Å²) in [5.41, 5.74) is -0.977. The van der Waals surface area contributed by atoms with Gasteiger partial charge in [-0.05, 0) is 31.6 Å². The zero-order valence-corrected chi connectivity index (χ0v) is 8.73. The van der Waals surface area contributed by atoms with Gasteiger partial charge in [0.05, 0.1) is 17.3 Å². The number of hydrogen-bond acceptors (Lipinski definition) is 3. The van der Waals surface area contributed by atoms with E-state index in [1.54, 1.807) is 0 Å². The summed E-state index contributed by atoms with van der Waals surface area (Å²) in [6.07, 6.45) is 2.59. The molecular weight excluding hydrogens is 210 g/mol. The molecule has 0 radical (unpaired) electrons. The van der Waals surface area contributed by atoms with Gasteiger partial charge in [0.1, 0.15) is 0 Å². The first-order valence-corrected chi connectivity index (χ1v) is 5.64. The molecule has 4 aliphatic rings. The average molecular weight is 223 g/mol. The molecule has 2 amide bonds. The number of nitrogens with one attached hydrogen (secondary N) is 1. The third-order valence-electron chi connectivity index (χ3n) is 4.64. The van der Waals surface area contributed by atoms with Crippen molar-refractivity contribution in [3.63, 3.8) is 0 Å². The van der Waals surface area contributed by atoms with Crippen LogP contribution in [0.1, 0.15) is 25.7 Å². The van der Waals surface area contributed by atoms with E-state index in [-0.39, 0.29) is 23.7 Å². The first-order chi connectivity index (χ1) is 7.56. The van der Waals surface area contributed by atoms with E-state index in [0.717, 1.165) is 12.8 Å². The molecule has 5 heteroatoms. The summed E-state index contributed by atoms with van der Waals surface area (Å²) >= 11 is 0. The van der Waals surface area contributed by atoms with Crippen LogP contribution in [0.4, 0.5) is 0 Å². The molecule has 0 aromatic heterocycles. The lowest BCUT2D eigenvalue weighted by molar-refractivity contribution is -0.169. The minimum atomic E-state index is -0.977. The van der Waals surface area contributed by atoms with E-state index in [1.807, 2.05) is 0 Å². The molecule has 2 atom stereocenters. The number of carboxylic acid groups (broad SMARTS) is 1. The Balaban J connectivity index is 2.10. The van der Waals surface area contributed by atoms with Gasteiger partial charge >= 0.3 is 5.97 Å². The van der Waals surface area contributed by atoms with E-state index in [0.29, 0.717) is 12.8 Å². The normalized spacial score (nSPS) is 45.4. The van der Waals surface area contributed by atoms with Gasteiger partial charge in [-0.1, -0.05) is 0 Å². The maximum atomic E-state index is 11.7. The van der Waals surface area contributed by atoms with Crippen molar-refractivity contribution in [3.8, 4) is 0 Å². The van der Waals surface area contributed by atoms with Gasteiger partial charge in [-0.15, -0.1) is 0 Å². The largest absolute Gasteiger partial charge is 0.481 e. The summed E-state index contributed by atoms with van der Waals surface area (Å²) in [5.74, 6) is -2.34. The Kier molecular flexibility index (Phi) is 1.74. The second-order valence-corrected chi connectivity index (χ2v) is 5.16. The number of rotatable bonds is 1. The topological polar surface area (TPSA) is 83.5 Å². The Morgan fingerprint density at radius 3 is 2.44 bits per heavy atom. The van der Waals surface area contributed by atoms with Crippen molar-refractivity contribution in [2.24, 2.45) is 23.2 Å². The van der Waals surface area contributed by atoms with Crippen molar-refractivity contribution in [1.29, 1.82) is 0 Å². The molecule has 0 aromatic rings. The number of amides is 2. The van der Waals surface area contributed by atoms with Gasteiger partial charge in [0.25, 0.3) is 0 Å². The summed E-state index contributed by atoms with van der Waals surface area (Å²) in [7, 11) is 0. The fourth-order valence-electron chi connectivity index (χ4n) is 3.85. The van der Waals surface area contributed by atoms with Crippen molar-refractivity contribution in [3.05, 3.63) is 0 Å². The molecule has 3 aliphatic carbocycles. The Labute approximate surface area is 92.2 Å². The Morgan fingerprint density at radius 1 is 1.25 bits per heavy atom. The molecule has 1 aliphatic heterocycles. The third kappa shape index (κ3) is 0.936. The van der Waals surface area contributed by atoms with Gasteiger partial charge < -0.3 is 5.11 Å². The van der Waals surface area contributed by atoms with Gasteiger partial charge in [-0.3, -0.25) is 19.7 Å². The van der Waals surface area contributed by atoms with E-state index in [4.69, 9.17) is 0 Å². The molecule has 2 bridgehead atoms. The smallest absolute Gasteiger partial charge is 0.310 e. The summed E-state index contributed by atoms with van der Waals surface area (Å²) < 4.78 is 0. The molecule has 16 heavy (non-hydrogen) atoms. The van der Waals surface area contributed by atoms with E-state index in [9.17, 15) is 19.5 Å². The van der Waals surface area contributed by atoms with Crippen LogP contribution in [0.15, 0.2) is 0 Å². The summed E-state index contributed by atoms with van der Waals surface area (Å²) in [5, 5.41) is 11.7. The maximum absolute atomic E-state index is 11.7. The van der Waals surface area contributed by atoms with Gasteiger partial charge in [0.2, 0.25) is 11.8 Å². The van der Waals surface area contributed by atoms with Gasteiger partial charge in [-0.25, -0.2) is 0 Å². The zero-order chi connectivity index (χ0) is 11.5. The zero-order valence-electron chi connectivity index (χ0n) is 8.73. The van der Waals surface area contributed by atoms with E-state index in [2.05, 4.69) is 5.32 Å². The van der Waals surface area contributed by atoms with Crippen LogP contribution in [0, 0.1) is 23.2 Å². The lowest BCUT2D eigenvalue weighted by atomic mass is 9.51. The number of hydrogen-bond donors (Lipinski definition) is 2. The van der Waals surface area contributed by atoms with Crippen molar-refractivity contribution < 1.29 is 19.5 Å². The quantitative estimate of drug-likeness (QED) is 0.620. The summed E-state index contributed by atoms with van der Waals surface area (Å²) in [6.45, 7) is 0. The SMILES string of the molecule is O=C1NC(=O)C2C1C1CCC2(C(=O)O)CC1. The van der Waals surface area contributed by atoms with Crippen LogP contribution in [0.2, 0.25) is 0 Å². The molecule has 2 unspecified atom stereocenters. The molecule has 5 nitrogen and oxygen atoms in total. The molecule has 0 aromatic carbocycles. The fourth-order valence-corrected chi connectivity index (χ4v) is 3.85. The Hall–Kier alpha value is -1.39. The molecule has 4 rings (SSSR count). The predicted octanol–water partition coefficient (Wildman–Crippen LogP) is 0.150. The highest BCUT2D eigenvalue weighted by Crippen LogP contribution is 2.58. The Bertz CT molecular complexity index is 395. The summed E-state index contributed by atoms with van der Waals surface area (Å²) in [4.78, 5) is 34.8. The summed E-state index contributed by atoms with van der Waals surface area (Å²) in [6, 6.07) is 0. The van der Waals surface area contributed by atoms with Crippen molar-refractivity contribution in [1.82, 2.24) is 5.32 Å². The lowest BCUT2D eigenvalue weighted by Gasteiger charge is -2.49. The molecule has 0 spiro atoms. The number of imide groups is 1. The predicted molar refractivity (Wildman–Crippen MR) is 52.2 cm³/mol. The van der Waals surface area contributed by atoms with Crippen LogP contribution in [0.3, 0.4) is 0 Å². The Morgan fingerprint density at radius 2 is 1.88 bits per heavy atom. The van der Waals surface area contributed by atoms with Gasteiger partial charge in [0.15, 0.2) is 0 Å². The van der Waals surface area contributed by atoms with Gasteiger partial charge in [-0.2, -0.15) is 0 Å². The van der Waals surface area contributed by atoms with E-state index in [1.165, 1.54) is 0 Å². The number of carboxylic acids is 1. The van der Waals surface area contributed by atoms with Crippen LogP contribution in [0.25, 0.3) is 0 Å². The molecular formula is C11H13NO4. The highest BCUT2D eigenvalue weighted by molar-refractivity contribution is 6.07. The monoisotopic (exact) mass is 223 g/mol. The van der Waals surface area contributed by atoms with E-state index >= 15 is 0 Å². The fraction of sp³-hybridized carbons (Fsp3) is 0.727. The van der Waals surface area contributed by atoms with Crippen LogP contribution in [-0.2, 0) is 14.4 Å². The van der Waals surface area contributed by atoms with Crippen molar-refractivity contribution in [2.45, 2.75) is 25.7 Å². The number of carbonyl (C=O) groups is 3. The highest BCUT2D eigenvalue weighted by Gasteiger charge is 2.65.